The van der Waals surface area contributed by atoms with Crippen LogP contribution in [0.3, 0.4) is 0 Å². The number of aromatic nitrogens is 1. The number of sulfonamides is 1. The molecule has 2 N–H and O–H groups in total. The van der Waals surface area contributed by atoms with E-state index in [2.05, 4.69) is 11.9 Å². The zero-order valence-corrected chi connectivity index (χ0v) is 13.2. The lowest BCUT2D eigenvalue weighted by atomic mass is 9.76. The fourth-order valence-electron chi connectivity index (χ4n) is 3.18. The van der Waals surface area contributed by atoms with Crippen LogP contribution in [0.15, 0.2) is 23.4 Å². The summed E-state index contributed by atoms with van der Waals surface area (Å²) in [7, 11) is -2.52. The van der Waals surface area contributed by atoms with Crippen LogP contribution in [0, 0.1) is 11.7 Å². The number of halogens is 1. The highest BCUT2D eigenvalue weighted by Crippen LogP contribution is 2.38. The minimum absolute atomic E-state index is 0.224. The summed E-state index contributed by atoms with van der Waals surface area (Å²) in [4.78, 5) is 3.70. The van der Waals surface area contributed by atoms with Crippen molar-refractivity contribution < 1.29 is 12.8 Å². The third-order valence-corrected chi connectivity index (χ3v) is 6.34. The average molecular weight is 315 g/mol. The quantitative estimate of drug-likeness (QED) is 0.918. The van der Waals surface area contributed by atoms with E-state index < -0.39 is 26.4 Å². The summed E-state index contributed by atoms with van der Waals surface area (Å²) < 4.78 is 40.4. The first-order valence-electron chi connectivity index (χ1n) is 7.13. The third-order valence-electron chi connectivity index (χ3n) is 4.45. The van der Waals surface area contributed by atoms with Crippen LogP contribution in [0.25, 0.3) is 0 Å². The smallest absolute Gasteiger partial charge is 0.263 e. The van der Waals surface area contributed by atoms with Gasteiger partial charge < -0.3 is 5.73 Å². The van der Waals surface area contributed by atoms with Gasteiger partial charge in [0.2, 0.25) is 5.03 Å². The summed E-state index contributed by atoms with van der Waals surface area (Å²) in [5, 5.41) is -0.529. The molecule has 2 rings (SSSR count). The largest absolute Gasteiger partial charge is 0.329 e. The Hall–Kier alpha value is -1.05. The molecule has 0 amide bonds. The standard InChI is InChI=1S/C14H22FN3O2S/c1-11-5-3-7-14(9-11,10-16)18(2)21(19,20)13-12(15)6-4-8-17-13/h4,6,8,11H,3,5,7,9-10,16H2,1-2H3. The molecule has 21 heavy (non-hydrogen) atoms. The number of likely N-dealkylation sites (N-methyl/N-ethyl adjacent to an activating group) is 1. The number of hydrogen-bond acceptors (Lipinski definition) is 4. The predicted octanol–water partition coefficient (Wildman–Crippen LogP) is 1.75. The Morgan fingerprint density at radius 2 is 2.29 bits per heavy atom. The zero-order chi connectivity index (χ0) is 15.7. The fraction of sp³-hybridized carbons (Fsp3) is 0.643. The molecule has 0 bridgehead atoms. The molecule has 5 nitrogen and oxygen atoms in total. The second-order valence-corrected chi connectivity index (χ2v) is 7.78. The van der Waals surface area contributed by atoms with Crippen LogP contribution in [0.5, 0.6) is 0 Å². The summed E-state index contributed by atoms with van der Waals surface area (Å²) in [5.41, 5.74) is 5.24. The Bertz CT molecular complexity index is 608. The first-order valence-corrected chi connectivity index (χ1v) is 8.57. The summed E-state index contributed by atoms with van der Waals surface area (Å²) in [6.07, 6.45) is 4.64. The second kappa shape index (κ2) is 5.98. The van der Waals surface area contributed by atoms with E-state index in [1.165, 1.54) is 23.6 Å². The highest BCUT2D eigenvalue weighted by molar-refractivity contribution is 7.89. The summed E-state index contributed by atoms with van der Waals surface area (Å²) in [6.45, 7) is 2.31. The highest BCUT2D eigenvalue weighted by Gasteiger charge is 2.44. The molecule has 0 aromatic carbocycles. The molecule has 0 aliphatic heterocycles. The number of pyridine rings is 1. The minimum atomic E-state index is -4.00. The number of rotatable bonds is 4. The first-order chi connectivity index (χ1) is 9.83. The molecule has 1 aromatic heterocycles. The molecular formula is C14H22FN3O2S. The van der Waals surface area contributed by atoms with Gasteiger partial charge >= 0.3 is 0 Å². The van der Waals surface area contributed by atoms with Crippen molar-refractivity contribution in [1.29, 1.82) is 0 Å². The monoisotopic (exact) mass is 315 g/mol. The van der Waals surface area contributed by atoms with Gasteiger partial charge in [0.1, 0.15) is 0 Å². The van der Waals surface area contributed by atoms with Crippen molar-refractivity contribution in [2.24, 2.45) is 11.7 Å². The zero-order valence-electron chi connectivity index (χ0n) is 12.4. The van der Waals surface area contributed by atoms with Crippen molar-refractivity contribution in [2.45, 2.75) is 43.2 Å². The van der Waals surface area contributed by atoms with E-state index in [0.717, 1.165) is 18.9 Å². The van der Waals surface area contributed by atoms with Crippen molar-refractivity contribution in [3.05, 3.63) is 24.1 Å². The van der Waals surface area contributed by atoms with Crippen molar-refractivity contribution in [1.82, 2.24) is 9.29 Å². The Balaban J connectivity index is 2.41. The lowest BCUT2D eigenvalue weighted by molar-refractivity contribution is 0.127. The van der Waals surface area contributed by atoms with E-state index in [4.69, 9.17) is 5.73 Å². The molecule has 0 radical (unpaired) electrons. The molecule has 1 heterocycles. The van der Waals surface area contributed by atoms with Crippen LogP contribution in [0.1, 0.15) is 32.6 Å². The molecule has 7 heteroatoms. The van der Waals surface area contributed by atoms with Gasteiger partial charge in [0.05, 0.1) is 0 Å². The summed E-state index contributed by atoms with van der Waals surface area (Å²) in [6, 6.07) is 2.47. The molecule has 2 unspecified atom stereocenters. The Labute approximate surface area is 125 Å². The van der Waals surface area contributed by atoms with Gasteiger partial charge in [-0.15, -0.1) is 0 Å². The Kier molecular flexibility index (Phi) is 4.65. The topological polar surface area (TPSA) is 76.3 Å². The predicted molar refractivity (Wildman–Crippen MR) is 78.6 cm³/mol. The molecule has 0 spiro atoms. The minimum Gasteiger partial charge on any atom is -0.329 e. The number of nitrogens with two attached hydrogens (primary N) is 1. The van der Waals surface area contributed by atoms with E-state index in [9.17, 15) is 12.8 Å². The van der Waals surface area contributed by atoms with Gasteiger partial charge in [-0.05, 0) is 30.9 Å². The van der Waals surface area contributed by atoms with Crippen LogP contribution in [-0.2, 0) is 10.0 Å². The Morgan fingerprint density at radius 1 is 1.57 bits per heavy atom. The second-order valence-electron chi connectivity index (χ2n) is 5.89. The molecule has 1 saturated carbocycles. The maximum Gasteiger partial charge on any atom is 0.263 e. The third kappa shape index (κ3) is 2.95. The van der Waals surface area contributed by atoms with E-state index >= 15 is 0 Å². The lowest BCUT2D eigenvalue weighted by Crippen LogP contribution is -2.56. The van der Waals surface area contributed by atoms with Gasteiger partial charge in [0, 0.05) is 25.3 Å². The normalized spacial score (nSPS) is 27.0. The maximum atomic E-state index is 13.8. The van der Waals surface area contributed by atoms with Gasteiger partial charge in [0.25, 0.3) is 10.0 Å². The molecule has 1 aliphatic carbocycles. The molecule has 1 aliphatic rings. The lowest BCUT2D eigenvalue weighted by Gasteiger charge is -2.44. The Morgan fingerprint density at radius 3 is 2.86 bits per heavy atom. The van der Waals surface area contributed by atoms with Crippen molar-refractivity contribution >= 4 is 10.0 Å². The SMILES string of the molecule is CC1CCCC(CN)(N(C)S(=O)(=O)c2ncccc2F)C1. The molecule has 1 fully saturated rings. The van der Waals surface area contributed by atoms with E-state index in [1.807, 2.05) is 0 Å². The van der Waals surface area contributed by atoms with Gasteiger partial charge in [0.15, 0.2) is 5.82 Å². The first kappa shape index (κ1) is 16.3. The summed E-state index contributed by atoms with van der Waals surface area (Å²) >= 11 is 0. The fourth-order valence-corrected chi connectivity index (χ4v) is 4.70. The van der Waals surface area contributed by atoms with E-state index in [1.54, 1.807) is 0 Å². The van der Waals surface area contributed by atoms with E-state index in [0.29, 0.717) is 18.8 Å². The molecule has 0 saturated heterocycles. The van der Waals surface area contributed by atoms with Gasteiger partial charge in [-0.3, -0.25) is 0 Å². The van der Waals surface area contributed by atoms with Crippen molar-refractivity contribution in [3.63, 3.8) is 0 Å². The van der Waals surface area contributed by atoms with Crippen LogP contribution in [-0.4, -0.2) is 36.8 Å². The highest BCUT2D eigenvalue weighted by atomic mass is 32.2. The van der Waals surface area contributed by atoms with Crippen LogP contribution in [0.2, 0.25) is 0 Å². The maximum absolute atomic E-state index is 13.8. The van der Waals surface area contributed by atoms with Gasteiger partial charge in [-0.25, -0.2) is 17.8 Å². The molecular weight excluding hydrogens is 293 g/mol. The molecule has 118 valence electrons. The number of hydrogen-bond donors (Lipinski definition) is 1. The number of nitrogens with zero attached hydrogens (tertiary/aromatic N) is 2. The summed E-state index contributed by atoms with van der Waals surface area (Å²) in [5.74, 6) is -0.436. The van der Waals surface area contributed by atoms with Crippen LogP contribution < -0.4 is 5.73 Å². The van der Waals surface area contributed by atoms with Gasteiger partial charge in [-0.1, -0.05) is 19.8 Å². The van der Waals surface area contributed by atoms with Gasteiger partial charge in [-0.2, -0.15) is 4.31 Å². The molecule has 2 atom stereocenters. The van der Waals surface area contributed by atoms with Crippen LogP contribution in [0.4, 0.5) is 4.39 Å². The van der Waals surface area contributed by atoms with Crippen molar-refractivity contribution in [2.75, 3.05) is 13.6 Å². The molecule has 1 aromatic rings. The van der Waals surface area contributed by atoms with Crippen molar-refractivity contribution in [3.8, 4) is 0 Å². The van der Waals surface area contributed by atoms with Crippen LogP contribution >= 0.6 is 0 Å². The van der Waals surface area contributed by atoms with E-state index in [-0.39, 0.29) is 6.54 Å². The average Bonchev–Trinajstić information content (AvgIpc) is 2.46.